The molecular formula is C12H14N4O3S. The average molecular weight is 294 g/mol. The number of aliphatic carboxylic acids is 1. The number of imidazole rings is 1. The van der Waals surface area contributed by atoms with Gasteiger partial charge in [0.05, 0.1) is 23.4 Å². The molecule has 0 bridgehead atoms. The highest BCUT2D eigenvalue weighted by molar-refractivity contribution is 7.09. The van der Waals surface area contributed by atoms with Crippen molar-refractivity contribution in [3.63, 3.8) is 0 Å². The second kappa shape index (κ2) is 6.29. The van der Waals surface area contributed by atoms with Gasteiger partial charge in [-0.2, -0.15) is 0 Å². The number of nitrogens with one attached hydrogen (secondary N) is 2. The average Bonchev–Trinajstić information content (AvgIpc) is 3.00. The molecule has 106 valence electrons. The number of nitrogens with zero attached hydrogens (tertiary/aromatic N) is 2. The highest BCUT2D eigenvalue weighted by atomic mass is 32.1. The summed E-state index contributed by atoms with van der Waals surface area (Å²) < 4.78 is 0. The Morgan fingerprint density at radius 1 is 1.55 bits per heavy atom. The second-order valence-electron chi connectivity index (χ2n) is 4.27. The third-order valence-electron chi connectivity index (χ3n) is 2.62. The lowest BCUT2D eigenvalue weighted by molar-refractivity contribution is -0.141. The van der Waals surface area contributed by atoms with E-state index in [9.17, 15) is 9.59 Å². The number of thiazole rings is 1. The summed E-state index contributed by atoms with van der Waals surface area (Å²) in [6.45, 7) is 1.85. The Morgan fingerprint density at radius 3 is 2.90 bits per heavy atom. The number of hydrogen-bond donors (Lipinski definition) is 3. The van der Waals surface area contributed by atoms with Gasteiger partial charge in [-0.25, -0.2) is 14.8 Å². The Balaban J connectivity index is 1.94. The van der Waals surface area contributed by atoms with Gasteiger partial charge in [-0.3, -0.25) is 4.79 Å². The van der Waals surface area contributed by atoms with Crippen LogP contribution in [0.3, 0.4) is 0 Å². The number of carboxylic acid groups (broad SMARTS) is 1. The van der Waals surface area contributed by atoms with Crippen LogP contribution in [0.25, 0.3) is 0 Å². The van der Waals surface area contributed by atoms with Gasteiger partial charge in [0.2, 0.25) is 5.91 Å². The SMILES string of the molecule is Cc1nc(CC(=O)N[C@H](Cc2cnc[nH]2)C(=O)O)cs1. The number of carbonyl (C=O) groups excluding carboxylic acids is 1. The molecule has 0 spiro atoms. The molecule has 20 heavy (non-hydrogen) atoms. The van der Waals surface area contributed by atoms with Crippen LogP contribution in [0.5, 0.6) is 0 Å². The first-order valence-corrected chi connectivity index (χ1v) is 6.83. The summed E-state index contributed by atoms with van der Waals surface area (Å²) in [6.07, 6.45) is 3.24. The van der Waals surface area contributed by atoms with E-state index >= 15 is 0 Å². The van der Waals surface area contributed by atoms with E-state index in [1.54, 1.807) is 5.38 Å². The minimum absolute atomic E-state index is 0.0805. The van der Waals surface area contributed by atoms with Gasteiger partial charge in [0, 0.05) is 23.7 Å². The molecule has 0 saturated heterocycles. The summed E-state index contributed by atoms with van der Waals surface area (Å²) in [5.41, 5.74) is 1.30. The van der Waals surface area contributed by atoms with E-state index in [0.29, 0.717) is 11.4 Å². The summed E-state index contributed by atoms with van der Waals surface area (Å²) in [6, 6.07) is -0.984. The lowest BCUT2D eigenvalue weighted by Crippen LogP contribution is -2.43. The van der Waals surface area contributed by atoms with Gasteiger partial charge in [0.1, 0.15) is 6.04 Å². The topological polar surface area (TPSA) is 108 Å². The highest BCUT2D eigenvalue weighted by Crippen LogP contribution is 2.08. The van der Waals surface area contributed by atoms with E-state index < -0.39 is 12.0 Å². The van der Waals surface area contributed by atoms with Crippen LogP contribution in [0.2, 0.25) is 0 Å². The zero-order valence-corrected chi connectivity index (χ0v) is 11.6. The van der Waals surface area contributed by atoms with Crippen molar-refractivity contribution in [3.05, 3.63) is 34.3 Å². The van der Waals surface area contributed by atoms with Crippen LogP contribution in [0, 0.1) is 6.92 Å². The minimum atomic E-state index is -1.08. The van der Waals surface area contributed by atoms with Gasteiger partial charge in [-0.15, -0.1) is 11.3 Å². The standard InChI is InChI=1S/C12H14N4O3S/c1-7-15-9(5-20-7)3-11(17)16-10(12(18)19)2-8-4-13-6-14-8/h4-6,10H,2-3H2,1H3,(H,13,14)(H,16,17)(H,18,19)/t10-/m1/s1. The Hall–Kier alpha value is -2.22. The molecule has 0 aliphatic carbocycles. The lowest BCUT2D eigenvalue weighted by Gasteiger charge is -2.13. The van der Waals surface area contributed by atoms with Gasteiger partial charge < -0.3 is 15.4 Å². The summed E-state index contributed by atoms with van der Waals surface area (Å²) in [7, 11) is 0. The first-order chi connectivity index (χ1) is 9.54. The third-order valence-corrected chi connectivity index (χ3v) is 3.44. The Morgan fingerprint density at radius 2 is 2.35 bits per heavy atom. The van der Waals surface area contributed by atoms with Crippen molar-refractivity contribution in [2.75, 3.05) is 0 Å². The van der Waals surface area contributed by atoms with E-state index in [1.165, 1.54) is 23.9 Å². The molecule has 2 aromatic rings. The van der Waals surface area contributed by atoms with Gasteiger partial charge in [-0.1, -0.05) is 0 Å². The predicted octanol–water partition coefficient (Wildman–Crippen LogP) is 0.529. The fourth-order valence-corrected chi connectivity index (χ4v) is 2.33. The number of H-pyrrole nitrogens is 1. The second-order valence-corrected chi connectivity index (χ2v) is 5.34. The molecule has 0 radical (unpaired) electrons. The van der Waals surface area contributed by atoms with Crippen LogP contribution in [-0.4, -0.2) is 38.0 Å². The molecule has 1 amide bonds. The highest BCUT2D eigenvalue weighted by Gasteiger charge is 2.21. The molecule has 0 unspecified atom stereocenters. The smallest absolute Gasteiger partial charge is 0.326 e. The van der Waals surface area contributed by atoms with E-state index in [2.05, 4.69) is 20.3 Å². The molecule has 1 atom stereocenters. The molecule has 0 aliphatic heterocycles. The maximum absolute atomic E-state index is 11.8. The number of carboxylic acids is 1. The molecule has 0 fully saturated rings. The van der Waals surface area contributed by atoms with Gasteiger partial charge in [0.15, 0.2) is 0 Å². The molecule has 0 saturated carbocycles. The zero-order chi connectivity index (χ0) is 14.5. The number of rotatable bonds is 6. The molecule has 3 N–H and O–H groups in total. The number of aromatic nitrogens is 3. The number of hydrogen-bond acceptors (Lipinski definition) is 5. The first-order valence-electron chi connectivity index (χ1n) is 5.95. The van der Waals surface area contributed by atoms with Crippen molar-refractivity contribution >= 4 is 23.2 Å². The summed E-state index contributed by atoms with van der Waals surface area (Å²) in [4.78, 5) is 33.8. The number of aromatic amines is 1. The molecule has 2 rings (SSSR count). The monoisotopic (exact) mass is 294 g/mol. The fraction of sp³-hybridized carbons (Fsp3) is 0.333. The van der Waals surface area contributed by atoms with Crippen molar-refractivity contribution in [1.29, 1.82) is 0 Å². The molecule has 7 nitrogen and oxygen atoms in total. The maximum Gasteiger partial charge on any atom is 0.326 e. The van der Waals surface area contributed by atoms with Gasteiger partial charge in [-0.05, 0) is 6.92 Å². The van der Waals surface area contributed by atoms with Crippen molar-refractivity contribution < 1.29 is 14.7 Å². The van der Waals surface area contributed by atoms with Gasteiger partial charge >= 0.3 is 5.97 Å². The zero-order valence-electron chi connectivity index (χ0n) is 10.8. The van der Waals surface area contributed by atoms with Gasteiger partial charge in [0.25, 0.3) is 0 Å². The van der Waals surface area contributed by atoms with Crippen LogP contribution in [-0.2, 0) is 22.4 Å². The van der Waals surface area contributed by atoms with Crippen LogP contribution in [0.1, 0.15) is 16.4 Å². The van der Waals surface area contributed by atoms with Crippen molar-refractivity contribution in [1.82, 2.24) is 20.3 Å². The van der Waals surface area contributed by atoms with Crippen LogP contribution in [0.4, 0.5) is 0 Å². The third kappa shape index (κ3) is 3.89. The van der Waals surface area contributed by atoms with Crippen LogP contribution in [0.15, 0.2) is 17.9 Å². The van der Waals surface area contributed by atoms with Crippen molar-refractivity contribution in [2.45, 2.75) is 25.8 Å². The molecule has 0 aliphatic rings. The summed E-state index contributed by atoms with van der Waals surface area (Å²) in [5, 5.41) is 14.3. The van der Waals surface area contributed by atoms with Crippen molar-refractivity contribution in [2.24, 2.45) is 0 Å². The van der Waals surface area contributed by atoms with Crippen molar-refractivity contribution in [3.8, 4) is 0 Å². The normalized spacial score (nSPS) is 12.1. The summed E-state index contributed by atoms with van der Waals surface area (Å²) >= 11 is 1.45. The first kappa shape index (κ1) is 14.2. The maximum atomic E-state index is 11.8. The molecule has 0 aromatic carbocycles. The largest absolute Gasteiger partial charge is 0.480 e. The lowest BCUT2D eigenvalue weighted by atomic mass is 10.1. The Bertz CT molecular complexity index is 594. The molecule has 2 heterocycles. The number of aryl methyl sites for hydroxylation is 1. The molecule has 8 heteroatoms. The molecule has 2 aromatic heterocycles. The van der Waals surface area contributed by atoms with E-state index in [0.717, 1.165) is 5.01 Å². The minimum Gasteiger partial charge on any atom is -0.480 e. The predicted molar refractivity (Wildman–Crippen MR) is 72.4 cm³/mol. The van der Waals surface area contributed by atoms with E-state index in [-0.39, 0.29) is 18.7 Å². The Kier molecular flexibility index (Phi) is 4.46. The fourth-order valence-electron chi connectivity index (χ4n) is 1.72. The number of carbonyl (C=O) groups is 2. The van der Waals surface area contributed by atoms with Crippen LogP contribution < -0.4 is 5.32 Å². The summed E-state index contributed by atoms with van der Waals surface area (Å²) in [5.74, 6) is -1.44. The van der Waals surface area contributed by atoms with E-state index in [4.69, 9.17) is 5.11 Å². The molecular weight excluding hydrogens is 280 g/mol. The Labute approximate surface area is 119 Å². The number of amides is 1. The quantitative estimate of drug-likeness (QED) is 0.720. The van der Waals surface area contributed by atoms with E-state index in [1.807, 2.05) is 6.92 Å². The van der Waals surface area contributed by atoms with Crippen LogP contribution >= 0.6 is 11.3 Å².